The summed E-state index contributed by atoms with van der Waals surface area (Å²) in [5, 5.41) is 19.6. The number of aryl methyl sites for hydroxylation is 1. The van der Waals surface area contributed by atoms with E-state index in [-0.39, 0.29) is 6.42 Å². The molecule has 14 heavy (non-hydrogen) atoms. The van der Waals surface area contributed by atoms with Crippen molar-refractivity contribution in [1.82, 2.24) is 4.98 Å². The van der Waals surface area contributed by atoms with Gasteiger partial charge >= 0.3 is 5.97 Å². The molecule has 0 aromatic carbocycles. The summed E-state index contributed by atoms with van der Waals surface area (Å²) in [4.78, 5) is 14.4. The molecule has 0 saturated carbocycles. The number of hydrogen-bond donors (Lipinski definition) is 2. The lowest BCUT2D eigenvalue weighted by molar-refractivity contribution is -0.138. The highest BCUT2D eigenvalue weighted by molar-refractivity contribution is 8.01. The average molecular weight is 233 g/mol. The Hall–Kier alpha value is -0.590. The van der Waals surface area contributed by atoms with Crippen LogP contribution in [-0.2, 0) is 4.79 Å². The van der Waals surface area contributed by atoms with Crippen LogP contribution in [0.15, 0.2) is 9.72 Å². The first kappa shape index (κ1) is 11.5. The topological polar surface area (TPSA) is 70.4 Å². The zero-order valence-corrected chi connectivity index (χ0v) is 9.27. The second kappa shape index (κ2) is 5.33. The number of hydrogen-bond acceptors (Lipinski definition) is 5. The van der Waals surface area contributed by atoms with E-state index < -0.39 is 12.1 Å². The van der Waals surface area contributed by atoms with Crippen LogP contribution in [0.3, 0.4) is 0 Å². The van der Waals surface area contributed by atoms with Gasteiger partial charge in [-0.05, 0) is 6.92 Å². The molecular formula is C8H11NO3S2. The van der Waals surface area contributed by atoms with E-state index in [9.17, 15) is 9.90 Å². The molecule has 0 spiro atoms. The number of thioether (sulfide) groups is 1. The molecule has 4 nitrogen and oxygen atoms in total. The van der Waals surface area contributed by atoms with Crippen molar-refractivity contribution in [2.45, 2.75) is 23.8 Å². The van der Waals surface area contributed by atoms with Crippen molar-refractivity contribution in [3.8, 4) is 0 Å². The quantitative estimate of drug-likeness (QED) is 0.752. The molecule has 1 aromatic heterocycles. The first-order valence-corrected chi connectivity index (χ1v) is 5.89. The lowest BCUT2D eigenvalue weighted by Gasteiger charge is -2.04. The fourth-order valence-corrected chi connectivity index (χ4v) is 2.63. The lowest BCUT2D eigenvalue weighted by Crippen LogP contribution is -2.15. The smallest absolute Gasteiger partial charge is 0.306 e. The van der Waals surface area contributed by atoms with Crippen LogP contribution in [0, 0.1) is 6.92 Å². The molecule has 2 N–H and O–H groups in total. The Morgan fingerprint density at radius 1 is 1.79 bits per heavy atom. The molecular weight excluding hydrogens is 222 g/mol. The van der Waals surface area contributed by atoms with Crippen LogP contribution in [0.4, 0.5) is 0 Å². The molecule has 0 saturated heterocycles. The largest absolute Gasteiger partial charge is 0.481 e. The van der Waals surface area contributed by atoms with E-state index in [2.05, 4.69) is 4.98 Å². The highest BCUT2D eigenvalue weighted by Crippen LogP contribution is 2.23. The highest BCUT2D eigenvalue weighted by Gasteiger charge is 2.10. The minimum absolute atomic E-state index is 0.211. The summed E-state index contributed by atoms with van der Waals surface area (Å²) < 4.78 is 0.868. The number of aliphatic carboxylic acids is 1. The number of aliphatic hydroxyl groups excluding tert-OH is 1. The van der Waals surface area contributed by atoms with Crippen LogP contribution < -0.4 is 0 Å². The monoisotopic (exact) mass is 233 g/mol. The molecule has 0 radical (unpaired) electrons. The normalized spacial score (nSPS) is 12.7. The van der Waals surface area contributed by atoms with Gasteiger partial charge in [-0.3, -0.25) is 4.79 Å². The van der Waals surface area contributed by atoms with Crippen LogP contribution in [0.25, 0.3) is 0 Å². The van der Waals surface area contributed by atoms with E-state index in [0.29, 0.717) is 5.75 Å². The summed E-state index contributed by atoms with van der Waals surface area (Å²) >= 11 is 2.89. The maximum atomic E-state index is 10.2. The van der Waals surface area contributed by atoms with Crippen molar-refractivity contribution in [2.75, 3.05) is 5.75 Å². The molecule has 6 heteroatoms. The van der Waals surface area contributed by atoms with E-state index in [1.54, 1.807) is 0 Å². The summed E-state index contributed by atoms with van der Waals surface area (Å²) in [5.41, 5.74) is 0.949. The van der Waals surface area contributed by atoms with Gasteiger partial charge in [0.25, 0.3) is 0 Å². The van der Waals surface area contributed by atoms with Gasteiger partial charge in [-0.15, -0.1) is 11.3 Å². The molecule has 1 atom stereocenters. The maximum Gasteiger partial charge on any atom is 0.306 e. The van der Waals surface area contributed by atoms with Gasteiger partial charge in [0.2, 0.25) is 0 Å². The summed E-state index contributed by atoms with van der Waals surface area (Å²) in [6.07, 6.45) is -1.01. The van der Waals surface area contributed by atoms with Gasteiger partial charge in [-0.25, -0.2) is 4.98 Å². The second-order valence-corrected chi connectivity index (χ2v) is 4.94. The van der Waals surface area contributed by atoms with Gasteiger partial charge in [0.05, 0.1) is 12.5 Å². The van der Waals surface area contributed by atoms with Crippen molar-refractivity contribution in [2.24, 2.45) is 0 Å². The molecule has 0 bridgehead atoms. The molecule has 0 aliphatic carbocycles. The van der Waals surface area contributed by atoms with Gasteiger partial charge in [-0.2, -0.15) is 0 Å². The third-order valence-electron chi connectivity index (χ3n) is 1.41. The van der Waals surface area contributed by atoms with Gasteiger partial charge < -0.3 is 10.2 Å². The van der Waals surface area contributed by atoms with E-state index >= 15 is 0 Å². The second-order valence-electron chi connectivity index (χ2n) is 2.82. The summed E-state index contributed by atoms with van der Waals surface area (Å²) in [6, 6.07) is 0. The van der Waals surface area contributed by atoms with Crippen LogP contribution in [0.1, 0.15) is 12.1 Å². The van der Waals surface area contributed by atoms with E-state index in [1.807, 2.05) is 12.3 Å². The Morgan fingerprint density at radius 3 is 3.00 bits per heavy atom. The van der Waals surface area contributed by atoms with E-state index in [0.717, 1.165) is 10.0 Å². The Labute approximate surface area is 90.0 Å². The Balaban J connectivity index is 2.30. The minimum Gasteiger partial charge on any atom is -0.481 e. The Kier molecular flexibility index (Phi) is 4.37. The van der Waals surface area contributed by atoms with Crippen LogP contribution in [0.5, 0.6) is 0 Å². The first-order chi connectivity index (χ1) is 6.58. The SMILES string of the molecule is Cc1csc(SCC(O)CC(=O)O)n1. The Bertz CT molecular complexity index is 313. The predicted octanol–water partition coefficient (Wildman–Crippen LogP) is 1.38. The van der Waals surface area contributed by atoms with Crippen molar-refractivity contribution in [3.63, 3.8) is 0 Å². The average Bonchev–Trinajstić information content (AvgIpc) is 2.47. The first-order valence-electron chi connectivity index (χ1n) is 4.02. The highest BCUT2D eigenvalue weighted by atomic mass is 32.2. The van der Waals surface area contributed by atoms with Gasteiger partial charge in [0.1, 0.15) is 4.34 Å². The fraction of sp³-hybridized carbons (Fsp3) is 0.500. The zero-order valence-electron chi connectivity index (χ0n) is 7.64. The zero-order chi connectivity index (χ0) is 10.6. The molecule has 1 unspecified atom stereocenters. The molecule has 1 rings (SSSR count). The van der Waals surface area contributed by atoms with Crippen LogP contribution in [-0.4, -0.2) is 33.0 Å². The summed E-state index contributed by atoms with van der Waals surface area (Å²) in [7, 11) is 0. The molecule has 78 valence electrons. The number of aliphatic hydroxyl groups is 1. The lowest BCUT2D eigenvalue weighted by atomic mass is 10.3. The van der Waals surface area contributed by atoms with Gasteiger partial charge in [0, 0.05) is 16.8 Å². The molecule has 1 aromatic rings. The number of rotatable bonds is 5. The Morgan fingerprint density at radius 2 is 2.50 bits per heavy atom. The van der Waals surface area contributed by atoms with E-state index in [4.69, 9.17) is 5.11 Å². The number of nitrogens with zero attached hydrogens (tertiary/aromatic N) is 1. The fourth-order valence-electron chi connectivity index (χ4n) is 0.827. The maximum absolute atomic E-state index is 10.2. The summed E-state index contributed by atoms with van der Waals surface area (Å²) in [6.45, 7) is 1.90. The van der Waals surface area contributed by atoms with Crippen LogP contribution in [0.2, 0.25) is 0 Å². The molecule has 0 amide bonds. The minimum atomic E-state index is -0.978. The van der Waals surface area contributed by atoms with Crippen molar-refractivity contribution in [3.05, 3.63) is 11.1 Å². The predicted molar refractivity (Wildman–Crippen MR) is 55.8 cm³/mol. The third kappa shape index (κ3) is 4.08. The van der Waals surface area contributed by atoms with Crippen molar-refractivity contribution >= 4 is 29.1 Å². The molecule has 1 heterocycles. The number of carbonyl (C=O) groups is 1. The van der Waals surface area contributed by atoms with E-state index in [1.165, 1.54) is 23.1 Å². The summed E-state index contributed by atoms with van der Waals surface area (Å²) in [5.74, 6) is -0.604. The molecule has 0 aliphatic rings. The molecule has 0 aliphatic heterocycles. The van der Waals surface area contributed by atoms with Crippen molar-refractivity contribution in [1.29, 1.82) is 0 Å². The number of carboxylic acid groups (broad SMARTS) is 1. The number of thiazole rings is 1. The number of carboxylic acids is 1. The van der Waals surface area contributed by atoms with Crippen LogP contribution >= 0.6 is 23.1 Å². The van der Waals surface area contributed by atoms with Gasteiger partial charge in [0.15, 0.2) is 0 Å². The standard InChI is InChI=1S/C8H11NO3S2/c1-5-3-13-8(9-5)14-4-6(10)2-7(11)12/h3,6,10H,2,4H2,1H3,(H,11,12). The third-order valence-corrected chi connectivity index (χ3v) is 3.69. The molecule has 0 fully saturated rings. The van der Waals surface area contributed by atoms with Crippen molar-refractivity contribution < 1.29 is 15.0 Å². The number of aromatic nitrogens is 1. The van der Waals surface area contributed by atoms with Gasteiger partial charge in [-0.1, -0.05) is 11.8 Å².